The van der Waals surface area contributed by atoms with Gasteiger partial charge < -0.3 is 5.11 Å². The first kappa shape index (κ1) is 15.0. The minimum atomic E-state index is -0.927. The number of carboxylic acid groups (broad SMARTS) is 1. The van der Waals surface area contributed by atoms with E-state index in [4.69, 9.17) is 11.6 Å². The zero-order chi connectivity index (χ0) is 14.5. The van der Waals surface area contributed by atoms with Crippen LogP contribution in [0.5, 0.6) is 0 Å². The van der Waals surface area contributed by atoms with Crippen molar-refractivity contribution in [3.05, 3.63) is 69.2 Å². The predicted octanol–water partition coefficient (Wildman–Crippen LogP) is 4.02. The van der Waals surface area contributed by atoms with Gasteiger partial charge in [0, 0.05) is 16.0 Å². The highest BCUT2D eigenvalue weighted by Gasteiger charge is 2.21. The number of carbonyl (C=O) groups is 1. The number of nitrogens with one attached hydrogen (secondary N) is 1. The molecule has 0 spiro atoms. The molecule has 0 heterocycles. The molecule has 0 bridgehead atoms. The zero-order valence-electron chi connectivity index (χ0n) is 10.5. The molecule has 0 saturated carbocycles. The lowest BCUT2D eigenvalue weighted by molar-refractivity contribution is -0.139. The van der Waals surface area contributed by atoms with Crippen molar-refractivity contribution in [2.75, 3.05) is 0 Å². The Morgan fingerprint density at radius 3 is 2.55 bits per heavy atom. The van der Waals surface area contributed by atoms with Crippen LogP contribution in [0.2, 0.25) is 5.02 Å². The maximum Gasteiger partial charge on any atom is 0.325 e. The summed E-state index contributed by atoms with van der Waals surface area (Å²) in [6.07, 6.45) is 0. The fourth-order valence-corrected chi connectivity index (χ4v) is 2.79. The van der Waals surface area contributed by atoms with E-state index in [1.54, 1.807) is 18.2 Å². The smallest absolute Gasteiger partial charge is 0.325 e. The highest BCUT2D eigenvalue weighted by molar-refractivity contribution is 9.10. The Morgan fingerprint density at radius 1 is 1.25 bits per heavy atom. The first-order valence-electron chi connectivity index (χ1n) is 6.03. The number of hydrogen-bond donors (Lipinski definition) is 2. The summed E-state index contributed by atoms with van der Waals surface area (Å²) in [5.74, 6) is -0.927. The molecule has 5 heteroatoms. The van der Waals surface area contributed by atoms with Gasteiger partial charge >= 0.3 is 5.97 Å². The van der Waals surface area contributed by atoms with Crippen molar-refractivity contribution in [2.24, 2.45) is 0 Å². The SMILES string of the molecule is O=C(O)C(NCc1ccccc1)c1ccc(Cl)cc1Br. The Balaban J connectivity index is 2.17. The van der Waals surface area contributed by atoms with Gasteiger partial charge in [0.1, 0.15) is 6.04 Å². The Labute approximate surface area is 130 Å². The molecule has 1 unspecified atom stereocenters. The number of aliphatic carboxylic acids is 1. The average Bonchev–Trinajstić information content (AvgIpc) is 2.42. The number of rotatable bonds is 5. The van der Waals surface area contributed by atoms with Crippen molar-refractivity contribution in [1.29, 1.82) is 0 Å². The monoisotopic (exact) mass is 353 g/mol. The first-order valence-corrected chi connectivity index (χ1v) is 7.20. The lowest BCUT2D eigenvalue weighted by atomic mass is 10.1. The van der Waals surface area contributed by atoms with Gasteiger partial charge in [-0.2, -0.15) is 0 Å². The molecule has 3 nitrogen and oxygen atoms in total. The quantitative estimate of drug-likeness (QED) is 0.852. The van der Waals surface area contributed by atoms with Crippen molar-refractivity contribution >= 4 is 33.5 Å². The molecule has 2 aromatic carbocycles. The van der Waals surface area contributed by atoms with E-state index in [-0.39, 0.29) is 0 Å². The summed E-state index contributed by atoms with van der Waals surface area (Å²) in [5.41, 5.74) is 1.68. The summed E-state index contributed by atoms with van der Waals surface area (Å²) in [7, 11) is 0. The van der Waals surface area contributed by atoms with E-state index >= 15 is 0 Å². The maximum absolute atomic E-state index is 11.4. The molecule has 0 radical (unpaired) electrons. The van der Waals surface area contributed by atoms with Crippen LogP contribution < -0.4 is 5.32 Å². The zero-order valence-corrected chi connectivity index (χ0v) is 12.9. The van der Waals surface area contributed by atoms with Gasteiger partial charge in [0.25, 0.3) is 0 Å². The molecule has 0 aromatic heterocycles. The molecule has 104 valence electrons. The summed E-state index contributed by atoms with van der Waals surface area (Å²) in [6.45, 7) is 0.479. The van der Waals surface area contributed by atoms with Crippen molar-refractivity contribution < 1.29 is 9.90 Å². The van der Waals surface area contributed by atoms with Crippen LogP contribution >= 0.6 is 27.5 Å². The Morgan fingerprint density at radius 2 is 1.95 bits per heavy atom. The van der Waals surface area contributed by atoms with E-state index in [1.165, 1.54) is 0 Å². The summed E-state index contributed by atoms with van der Waals surface area (Å²) < 4.78 is 0.679. The second-order valence-corrected chi connectivity index (χ2v) is 5.59. The molecule has 0 aliphatic rings. The van der Waals surface area contributed by atoms with Crippen LogP contribution in [0.1, 0.15) is 17.2 Å². The minimum Gasteiger partial charge on any atom is -0.480 e. The maximum atomic E-state index is 11.4. The second-order valence-electron chi connectivity index (χ2n) is 4.30. The molecular weight excluding hydrogens is 342 g/mol. The summed E-state index contributed by atoms with van der Waals surface area (Å²) in [6, 6.07) is 14.0. The highest BCUT2D eigenvalue weighted by Crippen LogP contribution is 2.27. The molecule has 0 aliphatic carbocycles. The normalized spacial score (nSPS) is 12.1. The molecule has 2 aromatic rings. The Kier molecular flexibility index (Phi) is 5.17. The van der Waals surface area contributed by atoms with Crippen molar-refractivity contribution in [2.45, 2.75) is 12.6 Å². The van der Waals surface area contributed by atoms with E-state index in [0.717, 1.165) is 5.56 Å². The van der Waals surface area contributed by atoms with E-state index in [0.29, 0.717) is 21.6 Å². The van der Waals surface area contributed by atoms with Crippen molar-refractivity contribution in [3.8, 4) is 0 Å². The predicted molar refractivity (Wildman–Crippen MR) is 82.8 cm³/mol. The van der Waals surface area contributed by atoms with Gasteiger partial charge in [-0.25, -0.2) is 0 Å². The molecular formula is C15H13BrClNO2. The fraction of sp³-hybridized carbons (Fsp3) is 0.133. The van der Waals surface area contributed by atoms with Gasteiger partial charge in [0.15, 0.2) is 0 Å². The van der Waals surface area contributed by atoms with Gasteiger partial charge in [0.05, 0.1) is 0 Å². The Hall–Kier alpha value is -1.36. The summed E-state index contributed by atoms with van der Waals surface area (Å²) >= 11 is 9.23. The van der Waals surface area contributed by atoms with Gasteiger partial charge in [-0.3, -0.25) is 10.1 Å². The largest absolute Gasteiger partial charge is 0.480 e. The molecule has 2 N–H and O–H groups in total. The van der Waals surface area contributed by atoms with E-state index in [9.17, 15) is 9.90 Å². The van der Waals surface area contributed by atoms with Gasteiger partial charge in [0.2, 0.25) is 0 Å². The minimum absolute atomic E-state index is 0.479. The highest BCUT2D eigenvalue weighted by atomic mass is 79.9. The number of benzene rings is 2. The van der Waals surface area contributed by atoms with Crippen LogP contribution in [-0.2, 0) is 11.3 Å². The summed E-state index contributed by atoms with van der Waals surface area (Å²) in [5, 5.41) is 13.0. The van der Waals surface area contributed by atoms with Crippen LogP contribution in [0.25, 0.3) is 0 Å². The van der Waals surface area contributed by atoms with Gasteiger partial charge in [-0.1, -0.05) is 63.9 Å². The van der Waals surface area contributed by atoms with E-state index in [2.05, 4.69) is 21.2 Å². The third-order valence-corrected chi connectivity index (χ3v) is 3.80. The molecule has 2 rings (SSSR count). The summed E-state index contributed by atoms with van der Waals surface area (Å²) in [4.78, 5) is 11.4. The van der Waals surface area contributed by atoms with Gasteiger partial charge in [-0.15, -0.1) is 0 Å². The van der Waals surface area contributed by atoms with Crippen LogP contribution in [0.15, 0.2) is 53.0 Å². The number of halogens is 2. The number of hydrogen-bond acceptors (Lipinski definition) is 2. The Bertz CT molecular complexity index is 604. The molecule has 0 amide bonds. The average molecular weight is 355 g/mol. The molecule has 0 aliphatic heterocycles. The van der Waals surface area contributed by atoms with Crippen LogP contribution in [0.3, 0.4) is 0 Å². The van der Waals surface area contributed by atoms with Crippen LogP contribution in [-0.4, -0.2) is 11.1 Å². The van der Waals surface area contributed by atoms with E-state index < -0.39 is 12.0 Å². The molecule has 20 heavy (non-hydrogen) atoms. The van der Waals surface area contributed by atoms with Gasteiger partial charge in [-0.05, 0) is 23.3 Å². The fourth-order valence-electron chi connectivity index (χ4n) is 1.88. The standard InChI is InChI=1S/C15H13BrClNO2/c16-13-8-11(17)6-7-12(13)14(15(19)20)18-9-10-4-2-1-3-5-10/h1-8,14,18H,9H2,(H,19,20). The van der Waals surface area contributed by atoms with E-state index in [1.807, 2.05) is 30.3 Å². The molecule has 0 saturated heterocycles. The lowest BCUT2D eigenvalue weighted by Gasteiger charge is -2.16. The van der Waals surface area contributed by atoms with Crippen LogP contribution in [0.4, 0.5) is 0 Å². The number of carboxylic acids is 1. The van der Waals surface area contributed by atoms with Crippen molar-refractivity contribution in [1.82, 2.24) is 5.32 Å². The third kappa shape index (κ3) is 3.82. The lowest BCUT2D eigenvalue weighted by Crippen LogP contribution is -2.28. The topological polar surface area (TPSA) is 49.3 Å². The molecule has 1 atom stereocenters. The third-order valence-electron chi connectivity index (χ3n) is 2.87. The first-order chi connectivity index (χ1) is 9.58. The second kappa shape index (κ2) is 6.88. The van der Waals surface area contributed by atoms with Crippen molar-refractivity contribution in [3.63, 3.8) is 0 Å². The van der Waals surface area contributed by atoms with Crippen LogP contribution in [0, 0.1) is 0 Å². The molecule has 0 fully saturated rings.